The van der Waals surface area contributed by atoms with Crippen molar-refractivity contribution >= 4 is 21.6 Å². The van der Waals surface area contributed by atoms with E-state index in [0.29, 0.717) is 19.0 Å². The van der Waals surface area contributed by atoms with Crippen LogP contribution in [-0.4, -0.2) is 31.7 Å². The lowest BCUT2D eigenvalue weighted by atomic mass is 10.0. The minimum Gasteiger partial charge on any atom is -0.322 e. The molecule has 0 aromatic heterocycles. The second-order valence-corrected chi connectivity index (χ2v) is 9.08. The van der Waals surface area contributed by atoms with Crippen LogP contribution in [0.2, 0.25) is 0 Å². The van der Waals surface area contributed by atoms with Gasteiger partial charge < -0.3 is 5.32 Å². The molecule has 9 heteroatoms. The summed E-state index contributed by atoms with van der Waals surface area (Å²) in [6.07, 6.45) is -2.91. The van der Waals surface area contributed by atoms with Gasteiger partial charge in [0.25, 0.3) is 5.91 Å². The van der Waals surface area contributed by atoms with Crippen molar-refractivity contribution in [1.29, 1.82) is 0 Å². The van der Waals surface area contributed by atoms with Gasteiger partial charge in [-0.3, -0.25) is 4.79 Å². The van der Waals surface area contributed by atoms with Crippen LogP contribution in [0.5, 0.6) is 0 Å². The standard InChI is InChI=1S/C20H21F3N2O3S/c1-14-9-11-25(12-10-14)29(27,28)18-7-5-15(6-8-18)19(26)24-17-4-2-3-16(13-17)20(21,22)23/h2-8,13-14H,9-12H2,1H3,(H,24,26). The second kappa shape index (κ2) is 8.16. The largest absolute Gasteiger partial charge is 0.416 e. The molecule has 1 saturated heterocycles. The van der Waals surface area contributed by atoms with E-state index in [1.807, 2.05) is 0 Å². The third-order valence-corrected chi connectivity index (χ3v) is 6.86. The Bertz CT molecular complexity index is 981. The van der Waals surface area contributed by atoms with Crippen LogP contribution in [0, 0.1) is 5.92 Å². The molecule has 2 aromatic rings. The molecule has 1 aliphatic rings. The Morgan fingerprint density at radius 1 is 1.07 bits per heavy atom. The Morgan fingerprint density at radius 3 is 2.28 bits per heavy atom. The Hall–Kier alpha value is -2.39. The van der Waals surface area contributed by atoms with Gasteiger partial charge in [-0.25, -0.2) is 8.42 Å². The van der Waals surface area contributed by atoms with Crippen LogP contribution in [-0.2, 0) is 16.2 Å². The normalized spacial score (nSPS) is 16.6. The lowest BCUT2D eigenvalue weighted by Gasteiger charge is -2.29. The zero-order chi connectivity index (χ0) is 21.2. The van der Waals surface area contributed by atoms with Gasteiger partial charge in [0.1, 0.15) is 0 Å². The van der Waals surface area contributed by atoms with Crippen LogP contribution in [0.3, 0.4) is 0 Å². The molecule has 1 fully saturated rings. The molecule has 0 unspecified atom stereocenters. The molecule has 3 rings (SSSR count). The molecule has 5 nitrogen and oxygen atoms in total. The van der Waals surface area contributed by atoms with Crippen molar-refractivity contribution in [2.45, 2.75) is 30.8 Å². The first kappa shape index (κ1) is 21.3. The monoisotopic (exact) mass is 426 g/mol. The van der Waals surface area contributed by atoms with Crippen molar-refractivity contribution in [3.05, 3.63) is 59.7 Å². The Kier molecular flexibility index (Phi) is 6.00. The van der Waals surface area contributed by atoms with Gasteiger partial charge in [-0.15, -0.1) is 0 Å². The summed E-state index contributed by atoms with van der Waals surface area (Å²) >= 11 is 0. The number of carbonyl (C=O) groups excluding carboxylic acids is 1. The fourth-order valence-electron chi connectivity index (χ4n) is 3.13. The minimum absolute atomic E-state index is 0.00367. The van der Waals surface area contributed by atoms with Crippen molar-refractivity contribution in [2.75, 3.05) is 18.4 Å². The maximum Gasteiger partial charge on any atom is 0.416 e. The van der Waals surface area contributed by atoms with Crippen LogP contribution in [0.1, 0.15) is 35.7 Å². The summed E-state index contributed by atoms with van der Waals surface area (Å²) in [4.78, 5) is 12.4. The molecular weight excluding hydrogens is 405 g/mol. The number of rotatable bonds is 4. The van der Waals surface area contributed by atoms with Gasteiger partial charge >= 0.3 is 6.18 Å². The SMILES string of the molecule is CC1CCN(S(=O)(=O)c2ccc(C(=O)Nc3cccc(C(F)(F)F)c3)cc2)CC1. The molecule has 1 amide bonds. The predicted molar refractivity (Wildman–Crippen MR) is 103 cm³/mol. The predicted octanol–water partition coefficient (Wildman–Crippen LogP) is 4.38. The molecule has 1 aliphatic heterocycles. The second-order valence-electron chi connectivity index (χ2n) is 7.14. The first-order chi connectivity index (χ1) is 13.6. The Morgan fingerprint density at radius 2 is 1.69 bits per heavy atom. The quantitative estimate of drug-likeness (QED) is 0.789. The highest BCUT2D eigenvalue weighted by atomic mass is 32.2. The summed E-state index contributed by atoms with van der Waals surface area (Å²) in [6, 6.07) is 9.69. The van der Waals surface area contributed by atoms with E-state index in [9.17, 15) is 26.4 Å². The third kappa shape index (κ3) is 4.97. The van der Waals surface area contributed by atoms with E-state index in [2.05, 4.69) is 12.2 Å². The molecule has 0 saturated carbocycles. The van der Waals surface area contributed by atoms with Gasteiger partial charge in [-0.05, 0) is 61.2 Å². The number of carbonyl (C=O) groups is 1. The molecule has 1 heterocycles. The van der Waals surface area contributed by atoms with Gasteiger partial charge in [0.15, 0.2) is 0 Å². The summed E-state index contributed by atoms with van der Waals surface area (Å²) in [5.74, 6) is -0.136. The number of benzene rings is 2. The van der Waals surface area contributed by atoms with E-state index in [0.717, 1.165) is 25.0 Å². The zero-order valence-corrected chi connectivity index (χ0v) is 16.6. The van der Waals surface area contributed by atoms with E-state index in [1.165, 1.54) is 40.7 Å². The molecule has 0 spiro atoms. The summed E-state index contributed by atoms with van der Waals surface area (Å²) in [5, 5.41) is 2.40. The van der Waals surface area contributed by atoms with Crippen molar-refractivity contribution in [2.24, 2.45) is 5.92 Å². The highest BCUT2D eigenvalue weighted by molar-refractivity contribution is 7.89. The maximum absolute atomic E-state index is 12.8. The van der Waals surface area contributed by atoms with Crippen LogP contribution >= 0.6 is 0 Å². The number of nitrogens with zero attached hydrogens (tertiary/aromatic N) is 1. The third-order valence-electron chi connectivity index (χ3n) is 4.94. The van der Waals surface area contributed by atoms with Crippen LogP contribution in [0.15, 0.2) is 53.4 Å². The highest BCUT2D eigenvalue weighted by Gasteiger charge is 2.31. The zero-order valence-electron chi connectivity index (χ0n) is 15.7. The minimum atomic E-state index is -4.51. The fraction of sp³-hybridized carbons (Fsp3) is 0.350. The van der Waals surface area contributed by atoms with Crippen molar-refractivity contribution in [3.8, 4) is 0 Å². The molecular formula is C20H21F3N2O3S. The smallest absolute Gasteiger partial charge is 0.322 e. The molecule has 0 radical (unpaired) electrons. The molecule has 0 aliphatic carbocycles. The number of amides is 1. The van der Waals surface area contributed by atoms with Crippen LogP contribution in [0.25, 0.3) is 0 Å². The first-order valence-corrected chi connectivity index (χ1v) is 10.6. The topological polar surface area (TPSA) is 66.5 Å². The van der Waals surface area contributed by atoms with E-state index in [-0.39, 0.29) is 16.1 Å². The van der Waals surface area contributed by atoms with Crippen LogP contribution < -0.4 is 5.32 Å². The van der Waals surface area contributed by atoms with E-state index in [4.69, 9.17) is 0 Å². The van der Waals surface area contributed by atoms with E-state index >= 15 is 0 Å². The number of hydrogen-bond acceptors (Lipinski definition) is 3. The lowest BCUT2D eigenvalue weighted by molar-refractivity contribution is -0.137. The van der Waals surface area contributed by atoms with Crippen molar-refractivity contribution in [1.82, 2.24) is 4.31 Å². The number of piperidine rings is 1. The van der Waals surface area contributed by atoms with Gasteiger partial charge in [0.05, 0.1) is 10.5 Å². The molecule has 1 N–H and O–H groups in total. The number of nitrogens with one attached hydrogen (secondary N) is 1. The lowest BCUT2D eigenvalue weighted by Crippen LogP contribution is -2.37. The summed E-state index contributed by atoms with van der Waals surface area (Å²) in [7, 11) is -3.63. The average molecular weight is 426 g/mol. The van der Waals surface area contributed by atoms with Crippen LogP contribution in [0.4, 0.5) is 18.9 Å². The number of anilines is 1. The van der Waals surface area contributed by atoms with E-state index < -0.39 is 27.7 Å². The number of alkyl halides is 3. The summed E-state index contributed by atoms with van der Waals surface area (Å²) < 4.78 is 65.2. The first-order valence-electron chi connectivity index (χ1n) is 9.16. The maximum atomic E-state index is 12.8. The van der Waals surface area contributed by atoms with Gasteiger partial charge in [-0.1, -0.05) is 13.0 Å². The average Bonchev–Trinajstić information content (AvgIpc) is 2.68. The summed E-state index contributed by atoms with van der Waals surface area (Å²) in [5.41, 5.74) is -0.717. The molecule has 2 aromatic carbocycles. The molecule has 0 bridgehead atoms. The highest BCUT2D eigenvalue weighted by Crippen LogP contribution is 2.31. The summed E-state index contributed by atoms with van der Waals surface area (Å²) in [6.45, 7) is 3.00. The fourth-order valence-corrected chi connectivity index (χ4v) is 4.60. The van der Waals surface area contributed by atoms with E-state index in [1.54, 1.807) is 0 Å². The van der Waals surface area contributed by atoms with Gasteiger partial charge in [0, 0.05) is 24.3 Å². The molecule has 156 valence electrons. The molecule has 0 atom stereocenters. The van der Waals surface area contributed by atoms with Gasteiger partial charge in [-0.2, -0.15) is 17.5 Å². The molecule has 29 heavy (non-hydrogen) atoms. The van der Waals surface area contributed by atoms with Crippen molar-refractivity contribution in [3.63, 3.8) is 0 Å². The van der Waals surface area contributed by atoms with Gasteiger partial charge in [0.2, 0.25) is 10.0 Å². The number of sulfonamides is 1. The number of hydrogen-bond donors (Lipinski definition) is 1. The Labute approximate surface area is 167 Å². The Balaban J connectivity index is 1.72. The number of halogens is 3. The van der Waals surface area contributed by atoms with Crippen molar-refractivity contribution < 1.29 is 26.4 Å².